The van der Waals surface area contributed by atoms with Gasteiger partial charge in [0.2, 0.25) is 5.91 Å². The number of amides is 1. The highest BCUT2D eigenvalue weighted by Gasteiger charge is 2.62. The Kier molecular flexibility index (Phi) is 5.76. The molecule has 0 radical (unpaired) electrons. The first-order chi connectivity index (χ1) is 10.1. The highest BCUT2D eigenvalue weighted by Crippen LogP contribution is 2.35. The average Bonchev–Trinajstić information content (AvgIpc) is 2.45. The van der Waals surface area contributed by atoms with E-state index in [1.54, 1.807) is 0 Å². The Balaban J connectivity index is 3.19. The molecule has 0 aromatic rings. The number of aliphatic hydroxyl groups is 4. The summed E-state index contributed by atoms with van der Waals surface area (Å²) in [5.74, 6) is -7.19. The van der Waals surface area contributed by atoms with Crippen molar-refractivity contribution in [3.8, 4) is 0 Å². The summed E-state index contributed by atoms with van der Waals surface area (Å²) in [6, 6.07) is -1.74. The van der Waals surface area contributed by atoms with Crippen molar-refractivity contribution in [2.45, 2.75) is 49.4 Å². The van der Waals surface area contributed by atoms with E-state index in [-0.39, 0.29) is 0 Å². The number of carbonyl (C=O) groups excluding carboxylic acids is 1. The predicted octanol–water partition coefficient (Wildman–Crippen LogP) is -2.95. The third-order valence-corrected chi connectivity index (χ3v) is 3.26. The lowest BCUT2D eigenvalue weighted by atomic mass is 9.88. The van der Waals surface area contributed by atoms with Gasteiger partial charge in [-0.3, -0.25) is 4.79 Å². The van der Waals surface area contributed by atoms with Crippen LogP contribution in [-0.4, -0.2) is 86.5 Å². The van der Waals surface area contributed by atoms with E-state index in [1.807, 2.05) is 5.32 Å². The number of aliphatic carboxylic acids is 1. The Morgan fingerprint density at radius 2 is 1.95 bits per heavy atom. The molecule has 6 N–H and O–H groups in total. The molecule has 1 aliphatic rings. The van der Waals surface area contributed by atoms with Crippen LogP contribution in [0.2, 0.25) is 0 Å². The fourth-order valence-corrected chi connectivity index (χ4v) is 2.11. The summed E-state index contributed by atoms with van der Waals surface area (Å²) >= 11 is 0. The molecule has 1 aliphatic heterocycles. The molecule has 7 atom stereocenters. The first kappa shape index (κ1) is 18.6. The van der Waals surface area contributed by atoms with Crippen LogP contribution in [0.1, 0.15) is 6.92 Å². The quantitative estimate of drug-likeness (QED) is 0.313. The monoisotopic (exact) mass is 329 g/mol. The first-order valence-corrected chi connectivity index (χ1v) is 6.22. The van der Waals surface area contributed by atoms with E-state index >= 15 is 0 Å². The van der Waals surface area contributed by atoms with E-state index in [2.05, 4.69) is 4.74 Å². The van der Waals surface area contributed by atoms with Crippen LogP contribution in [0.15, 0.2) is 0 Å². The highest BCUT2D eigenvalue weighted by molar-refractivity contribution is 5.77. The summed E-state index contributed by atoms with van der Waals surface area (Å²) in [7, 11) is 0. The molecule has 1 amide bonds. The average molecular weight is 329 g/mol. The molecule has 0 spiro atoms. The number of rotatable bonds is 5. The minimum atomic E-state index is -3.99. The largest absolute Gasteiger partial charge is 0.477 e. The van der Waals surface area contributed by atoms with Crippen molar-refractivity contribution in [3.05, 3.63) is 0 Å². The standard InChI is InChI=1S/C11H17F2NO8/c1-3(16)14-5-7(19)9(12)11(13,10(20)21)22-8(5)6(18)4(17)2-15/h4-9,15,17-19H,2H2,1H3,(H,14,16)(H,20,21)/t4-,5+,6-,7+,8+,9-,11-/m0/s1. The lowest BCUT2D eigenvalue weighted by Gasteiger charge is -2.45. The highest BCUT2D eigenvalue weighted by atomic mass is 19.2. The van der Waals surface area contributed by atoms with Crippen LogP contribution in [0.25, 0.3) is 0 Å². The summed E-state index contributed by atoms with van der Waals surface area (Å²) in [4.78, 5) is 21.9. The molecule has 1 rings (SSSR count). The van der Waals surface area contributed by atoms with Crippen LogP contribution >= 0.6 is 0 Å². The number of ether oxygens (including phenoxy) is 1. The van der Waals surface area contributed by atoms with Gasteiger partial charge in [0, 0.05) is 6.92 Å². The van der Waals surface area contributed by atoms with Gasteiger partial charge in [0.25, 0.3) is 0 Å². The molecule has 9 nitrogen and oxygen atoms in total. The van der Waals surface area contributed by atoms with Crippen LogP contribution in [-0.2, 0) is 14.3 Å². The summed E-state index contributed by atoms with van der Waals surface area (Å²) in [6.45, 7) is -0.0321. The van der Waals surface area contributed by atoms with Crippen LogP contribution in [0, 0.1) is 0 Å². The van der Waals surface area contributed by atoms with Crippen molar-refractivity contribution < 1.29 is 48.6 Å². The second-order valence-corrected chi connectivity index (χ2v) is 4.89. The Bertz CT molecular complexity index is 438. The minimum Gasteiger partial charge on any atom is -0.477 e. The third-order valence-electron chi connectivity index (χ3n) is 3.26. The van der Waals surface area contributed by atoms with E-state index in [4.69, 9.17) is 10.2 Å². The van der Waals surface area contributed by atoms with Gasteiger partial charge in [0.1, 0.15) is 24.4 Å². The molecule has 11 heteroatoms. The van der Waals surface area contributed by atoms with Gasteiger partial charge in [-0.25, -0.2) is 9.18 Å². The number of hydrogen-bond acceptors (Lipinski definition) is 7. The number of aliphatic hydroxyl groups excluding tert-OH is 4. The molecule has 0 saturated carbocycles. The van der Waals surface area contributed by atoms with Gasteiger partial charge in [-0.1, -0.05) is 0 Å². The Morgan fingerprint density at radius 3 is 2.36 bits per heavy atom. The van der Waals surface area contributed by atoms with Gasteiger partial charge in [0.15, 0.2) is 6.17 Å². The number of alkyl halides is 2. The normalized spacial score (nSPS) is 38.1. The maximum absolute atomic E-state index is 14.1. The lowest BCUT2D eigenvalue weighted by Crippen LogP contribution is -2.71. The van der Waals surface area contributed by atoms with Crippen LogP contribution in [0.4, 0.5) is 8.78 Å². The van der Waals surface area contributed by atoms with E-state index < -0.39 is 61.0 Å². The van der Waals surface area contributed by atoms with Crippen molar-refractivity contribution in [2.75, 3.05) is 6.61 Å². The van der Waals surface area contributed by atoms with Crippen LogP contribution in [0.3, 0.4) is 0 Å². The summed E-state index contributed by atoms with van der Waals surface area (Å²) in [6.07, 6.45) is -11.4. The van der Waals surface area contributed by atoms with Gasteiger partial charge >= 0.3 is 11.8 Å². The van der Waals surface area contributed by atoms with Gasteiger partial charge in [-0.05, 0) is 0 Å². The van der Waals surface area contributed by atoms with Crippen molar-refractivity contribution in [3.63, 3.8) is 0 Å². The molecule has 0 unspecified atom stereocenters. The van der Waals surface area contributed by atoms with Crippen LogP contribution in [0.5, 0.6) is 0 Å². The molecular formula is C11H17F2NO8. The van der Waals surface area contributed by atoms with Gasteiger partial charge in [-0.15, -0.1) is 0 Å². The third kappa shape index (κ3) is 3.33. The Labute approximate surface area is 123 Å². The van der Waals surface area contributed by atoms with Crippen molar-refractivity contribution in [1.82, 2.24) is 5.32 Å². The number of carboxylic acids is 1. The lowest BCUT2D eigenvalue weighted by molar-refractivity contribution is -0.293. The topological polar surface area (TPSA) is 157 Å². The van der Waals surface area contributed by atoms with E-state index in [0.29, 0.717) is 0 Å². The number of carbonyl (C=O) groups is 2. The number of carboxylic acid groups (broad SMARTS) is 1. The van der Waals surface area contributed by atoms with Gasteiger partial charge in [-0.2, -0.15) is 4.39 Å². The van der Waals surface area contributed by atoms with E-state index in [0.717, 1.165) is 6.92 Å². The zero-order valence-corrected chi connectivity index (χ0v) is 11.4. The second-order valence-electron chi connectivity index (χ2n) is 4.89. The van der Waals surface area contributed by atoms with Crippen molar-refractivity contribution >= 4 is 11.9 Å². The summed E-state index contributed by atoms with van der Waals surface area (Å²) < 4.78 is 32.3. The molecule has 22 heavy (non-hydrogen) atoms. The predicted molar refractivity (Wildman–Crippen MR) is 64.0 cm³/mol. The molecule has 0 aromatic heterocycles. The zero-order chi connectivity index (χ0) is 17.2. The van der Waals surface area contributed by atoms with Crippen molar-refractivity contribution in [2.24, 2.45) is 0 Å². The number of halogens is 2. The van der Waals surface area contributed by atoms with Gasteiger partial charge < -0.3 is 35.6 Å². The molecule has 0 aliphatic carbocycles. The molecule has 128 valence electrons. The molecule has 0 aromatic carbocycles. The minimum absolute atomic E-state index is 0.808. The maximum atomic E-state index is 14.1. The molecule has 1 heterocycles. The molecular weight excluding hydrogens is 312 g/mol. The fourth-order valence-electron chi connectivity index (χ4n) is 2.11. The maximum Gasteiger partial charge on any atom is 0.372 e. The summed E-state index contributed by atoms with van der Waals surface area (Å²) in [5.41, 5.74) is 0. The zero-order valence-electron chi connectivity index (χ0n) is 11.4. The molecule has 1 fully saturated rings. The smallest absolute Gasteiger partial charge is 0.372 e. The molecule has 1 saturated heterocycles. The molecule has 0 bridgehead atoms. The Hall–Kier alpha value is -1.40. The number of hydrogen-bond donors (Lipinski definition) is 6. The van der Waals surface area contributed by atoms with E-state index in [1.165, 1.54) is 0 Å². The van der Waals surface area contributed by atoms with Gasteiger partial charge in [0.05, 0.1) is 12.6 Å². The van der Waals surface area contributed by atoms with E-state index in [9.17, 15) is 33.7 Å². The van der Waals surface area contributed by atoms with Crippen LogP contribution < -0.4 is 5.32 Å². The Morgan fingerprint density at radius 1 is 1.41 bits per heavy atom. The SMILES string of the molecule is CC(=O)N[C@@H]1[C@@H](O)[C@H](F)[C@@](F)(C(=O)O)O[C@H]1[C@@H](O)[C@@H](O)CO. The second kappa shape index (κ2) is 6.79. The fraction of sp³-hybridized carbons (Fsp3) is 0.818. The first-order valence-electron chi connectivity index (χ1n) is 6.22. The van der Waals surface area contributed by atoms with Crippen molar-refractivity contribution in [1.29, 1.82) is 0 Å². The number of nitrogens with one attached hydrogen (secondary N) is 1. The summed E-state index contributed by atoms with van der Waals surface area (Å²) in [5, 5.41) is 48.3.